The standard InChI is InChI=1S/C22H29N3O5S/c1-16(2)23-22(26)18-15-17(9-10-20(18)29-3)31(27,28)25-13-11-24(12-14-25)19-7-5-6-8-21(19)30-4/h5-10,15-16H,11-14H2,1-4H3,(H,23,26). The smallest absolute Gasteiger partial charge is 0.255 e. The molecular weight excluding hydrogens is 418 g/mol. The molecule has 0 saturated carbocycles. The lowest BCUT2D eigenvalue weighted by Gasteiger charge is -2.36. The van der Waals surface area contributed by atoms with E-state index in [1.54, 1.807) is 7.11 Å². The second kappa shape index (κ2) is 9.57. The van der Waals surface area contributed by atoms with Crippen LogP contribution in [0.5, 0.6) is 11.5 Å². The molecule has 0 radical (unpaired) electrons. The highest BCUT2D eigenvalue weighted by atomic mass is 32.2. The summed E-state index contributed by atoms with van der Waals surface area (Å²) in [5, 5.41) is 2.78. The van der Waals surface area contributed by atoms with Crippen molar-refractivity contribution in [1.29, 1.82) is 0 Å². The van der Waals surface area contributed by atoms with E-state index in [0.717, 1.165) is 11.4 Å². The average Bonchev–Trinajstić information content (AvgIpc) is 2.78. The summed E-state index contributed by atoms with van der Waals surface area (Å²) in [5.74, 6) is 0.720. The first-order valence-electron chi connectivity index (χ1n) is 10.1. The van der Waals surface area contributed by atoms with Crippen molar-refractivity contribution in [1.82, 2.24) is 9.62 Å². The molecule has 0 spiro atoms. The van der Waals surface area contributed by atoms with Gasteiger partial charge in [-0.2, -0.15) is 4.31 Å². The molecule has 9 heteroatoms. The Hall–Kier alpha value is -2.78. The van der Waals surface area contributed by atoms with Gasteiger partial charge in [-0.05, 0) is 44.2 Å². The number of carbonyl (C=O) groups is 1. The van der Waals surface area contributed by atoms with Crippen molar-refractivity contribution in [2.75, 3.05) is 45.3 Å². The number of ether oxygens (including phenoxy) is 2. The molecule has 1 aliphatic rings. The maximum absolute atomic E-state index is 13.3. The van der Waals surface area contributed by atoms with Crippen LogP contribution in [-0.4, -0.2) is 65.1 Å². The molecule has 0 unspecified atom stereocenters. The van der Waals surface area contributed by atoms with Crippen LogP contribution in [0.3, 0.4) is 0 Å². The number of sulfonamides is 1. The van der Waals surface area contributed by atoms with E-state index in [-0.39, 0.29) is 22.4 Å². The molecule has 0 aromatic heterocycles. The summed E-state index contributed by atoms with van der Waals surface area (Å²) < 4.78 is 38.7. The van der Waals surface area contributed by atoms with Crippen LogP contribution in [0.4, 0.5) is 5.69 Å². The number of nitrogens with one attached hydrogen (secondary N) is 1. The minimum Gasteiger partial charge on any atom is -0.496 e. The Kier molecular flexibility index (Phi) is 7.07. The van der Waals surface area contributed by atoms with E-state index < -0.39 is 10.0 Å². The Morgan fingerprint density at radius 2 is 1.61 bits per heavy atom. The number of hydrogen-bond acceptors (Lipinski definition) is 6. The Labute approximate surface area is 183 Å². The molecule has 1 N–H and O–H groups in total. The summed E-state index contributed by atoms with van der Waals surface area (Å²) in [6.45, 7) is 5.42. The van der Waals surface area contributed by atoms with Gasteiger partial charge < -0.3 is 19.7 Å². The van der Waals surface area contributed by atoms with E-state index in [1.165, 1.54) is 29.6 Å². The van der Waals surface area contributed by atoms with Crippen LogP contribution in [0.1, 0.15) is 24.2 Å². The number of hydrogen-bond donors (Lipinski definition) is 1. The minimum absolute atomic E-state index is 0.0768. The first-order chi connectivity index (χ1) is 14.8. The van der Waals surface area contributed by atoms with Crippen molar-refractivity contribution in [2.45, 2.75) is 24.8 Å². The number of para-hydroxylation sites is 2. The fraction of sp³-hybridized carbons (Fsp3) is 0.409. The van der Waals surface area contributed by atoms with Gasteiger partial charge in [0.2, 0.25) is 10.0 Å². The van der Waals surface area contributed by atoms with E-state index in [1.807, 2.05) is 38.1 Å². The van der Waals surface area contributed by atoms with E-state index in [9.17, 15) is 13.2 Å². The molecule has 1 fully saturated rings. The van der Waals surface area contributed by atoms with Crippen molar-refractivity contribution < 1.29 is 22.7 Å². The molecule has 1 heterocycles. The van der Waals surface area contributed by atoms with Crippen LogP contribution in [0.15, 0.2) is 47.4 Å². The first-order valence-corrected chi connectivity index (χ1v) is 11.6. The summed E-state index contributed by atoms with van der Waals surface area (Å²) in [6.07, 6.45) is 0. The Morgan fingerprint density at radius 3 is 2.23 bits per heavy atom. The quantitative estimate of drug-likeness (QED) is 0.701. The monoisotopic (exact) mass is 447 g/mol. The molecule has 1 saturated heterocycles. The summed E-state index contributed by atoms with van der Waals surface area (Å²) in [6, 6.07) is 12.0. The minimum atomic E-state index is -3.75. The third kappa shape index (κ3) is 4.94. The van der Waals surface area contributed by atoms with Gasteiger partial charge in [0.05, 0.1) is 30.4 Å². The molecular formula is C22H29N3O5S. The normalized spacial score (nSPS) is 15.1. The number of carbonyl (C=O) groups excluding carboxylic acids is 1. The zero-order valence-corrected chi connectivity index (χ0v) is 19.1. The van der Waals surface area contributed by atoms with Crippen LogP contribution < -0.4 is 19.7 Å². The van der Waals surface area contributed by atoms with Crippen molar-refractivity contribution in [3.8, 4) is 11.5 Å². The van der Waals surface area contributed by atoms with Gasteiger partial charge in [-0.25, -0.2) is 8.42 Å². The molecule has 2 aromatic rings. The Bertz CT molecular complexity index is 1030. The fourth-order valence-corrected chi connectivity index (χ4v) is 5.02. The van der Waals surface area contributed by atoms with Gasteiger partial charge in [0.1, 0.15) is 11.5 Å². The maximum atomic E-state index is 13.3. The molecule has 1 aliphatic heterocycles. The van der Waals surface area contributed by atoms with Crippen molar-refractivity contribution in [3.63, 3.8) is 0 Å². The van der Waals surface area contributed by atoms with Crippen molar-refractivity contribution in [3.05, 3.63) is 48.0 Å². The number of methoxy groups -OCH3 is 2. The lowest BCUT2D eigenvalue weighted by Crippen LogP contribution is -2.48. The highest BCUT2D eigenvalue weighted by molar-refractivity contribution is 7.89. The number of nitrogens with zero attached hydrogens (tertiary/aromatic N) is 2. The summed E-state index contributed by atoms with van der Waals surface area (Å²) in [4.78, 5) is 14.7. The largest absolute Gasteiger partial charge is 0.496 e. The number of rotatable bonds is 7. The third-order valence-corrected chi connectivity index (χ3v) is 7.03. The summed E-state index contributed by atoms with van der Waals surface area (Å²) in [7, 11) is -0.681. The van der Waals surface area contributed by atoms with Gasteiger partial charge in [0.15, 0.2) is 0 Å². The van der Waals surface area contributed by atoms with Gasteiger partial charge in [-0.3, -0.25) is 4.79 Å². The van der Waals surface area contributed by atoms with Crippen molar-refractivity contribution >= 4 is 21.6 Å². The molecule has 1 amide bonds. The van der Waals surface area contributed by atoms with Gasteiger partial charge in [-0.15, -0.1) is 0 Å². The zero-order valence-electron chi connectivity index (χ0n) is 18.3. The van der Waals surface area contributed by atoms with Gasteiger partial charge in [-0.1, -0.05) is 12.1 Å². The molecule has 8 nitrogen and oxygen atoms in total. The van der Waals surface area contributed by atoms with Gasteiger partial charge in [0.25, 0.3) is 5.91 Å². The van der Waals surface area contributed by atoms with E-state index in [4.69, 9.17) is 9.47 Å². The Morgan fingerprint density at radius 1 is 0.968 bits per heavy atom. The zero-order chi connectivity index (χ0) is 22.6. The summed E-state index contributed by atoms with van der Waals surface area (Å²) in [5.41, 5.74) is 1.14. The first kappa shape index (κ1) is 22.9. The van der Waals surface area contributed by atoms with Gasteiger partial charge in [0, 0.05) is 32.2 Å². The highest BCUT2D eigenvalue weighted by Gasteiger charge is 2.30. The molecule has 168 valence electrons. The summed E-state index contributed by atoms with van der Waals surface area (Å²) >= 11 is 0. The van der Waals surface area contributed by atoms with E-state index in [2.05, 4.69) is 10.2 Å². The lowest BCUT2D eigenvalue weighted by molar-refractivity contribution is 0.0940. The Balaban J connectivity index is 1.80. The second-order valence-corrected chi connectivity index (χ2v) is 9.49. The van der Waals surface area contributed by atoms with E-state index in [0.29, 0.717) is 31.9 Å². The molecule has 2 aromatic carbocycles. The molecule has 31 heavy (non-hydrogen) atoms. The molecule has 3 rings (SSSR count). The number of piperazine rings is 1. The second-order valence-electron chi connectivity index (χ2n) is 7.55. The van der Waals surface area contributed by atoms with Crippen LogP contribution >= 0.6 is 0 Å². The van der Waals surface area contributed by atoms with Crippen molar-refractivity contribution in [2.24, 2.45) is 0 Å². The van der Waals surface area contributed by atoms with Gasteiger partial charge >= 0.3 is 0 Å². The highest BCUT2D eigenvalue weighted by Crippen LogP contribution is 2.30. The number of amides is 1. The molecule has 0 aliphatic carbocycles. The molecule has 0 bridgehead atoms. The predicted octanol–water partition coefficient (Wildman–Crippen LogP) is 2.35. The fourth-order valence-electron chi connectivity index (χ4n) is 3.57. The van der Waals surface area contributed by atoms with Crippen LogP contribution in [0.2, 0.25) is 0 Å². The van der Waals surface area contributed by atoms with Crippen LogP contribution in [-0.2, 0) is 10.0 Å². The lowest BCUT2D eigenvalue weighted by atomic mass is 10.2. The number of benzene rings is 2. The number of anilines is 1. The maximum Gasteiger partial charge on any atom is 0.255 e. The third-order valence-electron chi connectivity index (χ3n) is 5.14. The topological polar surface area (TPSA) is 88.2 Å². The van der Waals surface area contributed by atoms with E-state index >= 15 is 0 Å². The molecule has 0 atom stereocenters. The SMILES string of the molecule is COc1ccc(S(=O)(=O)N2CCN(c3ccccc3OC)CC2)cc1C(=O)NC(C)C. The average molecular weight is 448 g/mol. The van der Waals surface area contributed by atoms with Crippen LogP contribution in [0.25, 0.3) is 0 Å². The van der Waals surface area contributed by atoms with Crippen LogP contribution in [0, 0.1) is 0 Å². The predicted molar refractivity (Wildman–Crippen MR) is 120 cm³/mol.